The van der Waals surface area contributed by atoms with E-state index in [0.717, 1.165) is 17.9 Å². The molecule has 0 aliphatic carbocycles. The third-order valence-corrected chi connectivity index (χ3v) is 3.27. The molecular weight excluding hydrogens is 186 g/mol. The molecule has 0 unspecified atom stereocenters. The van der Waals surface area contributed by atoms with Gasteiger partial charge in [0.1, 0.15) is 0 Å². The lowest BCUT2D eigenvalue weighted by atomic mass is 10.0. The molecule has 1 aliphatic heterocycles. The highest BCUT2D eigenvalue weighted by molar-refractivity contribution is 5.37. The standard InChI is InChI=1S/C12H19N3/c1-12(2)5-3-7-15(12)9-11-8-10(13)4-6-14-11/h4,6,8H,3,5,7,9H2,1-2H3,(H2,13,14). The van der Waals surface area contributed by atoms with E-state index in [4.69, 9.17) is 5.73 Å². The minimum absolute atomic E-state index is 0.312. The number of hydrogen-bond acceptors (Lipinski definition) is 3. The van der Waals surface area contributed by atoms with Crippen molar-refractivity contribution in [3.8, 4) is 0 Å². The van der Waals surface area contributed by atoms with Crippen LogP contribution >= 0.6 is 0 Å². The lowest BCUT2D eigenvalue weighted by Crippen LogP contribution is -2.37. The Bertz CT molecular complexity index is 346. The summed E-state index contributed by atoms with van der Waals surface area (Å²) in [7, 11) is 0. The van der Waals surface area contributed by atoms with Crippen molar-refractivity contribution in [3.63, 3.8) is 0 Å². The van der Waals surface area contributed by atoms with Crippen molar-refractivity contribution in [1.82, 2.24) is 9.88 Å². The predicted octanol–water partition coefficient (Wildman–Crippen LogP) is 2.04. The molecule has 15 heavy (non-hydrogen) atoms. The van der Waals surface area contributed by atoms with E-state index in [1.54, 1.807) is 6.20 Å². The summed E-state index contributed by atoms with van der Waals surface area (Å²) in [5.41, 5.74) is 7.93. The molecule has 0 saturated carbocycles. The molecule has 1 aromatic rings. The van der Waals surface area contributed by atoms with Gasteiger partial charge in [-0.1, -0.05) is 0 Å². The number of nitrogens with two attached hydrogens (primary N) is 1. The second-order valence-electron chi connectivity index (χ2n) is 4.92. The first-order chi connectivity index (χ1) is 7.08. The second-order valence-corrected chi connectivity index (χ2v) is 4.92. The number of anilines is 1. The zero-order valence-corrected chi connectivity index (χ0v) is 9.53. The minimum Gasteiger partial charge on any atom is -0.399 e. The molecule has 82 valence electrons. The van der Waals surface area contributed by atoms with Crippen LogP contribution in [0.2, 0.25) is 0 Å². The molecule has 3 nitrogen and oxygen atoms in total. The van der Waals surface area contributed by atoms with Gasteiger partial charge in [-0.3, -0.25) is 9.88 Å². The Kier molecular flexibility index (Phi) is 2.65. The van der Waals surface area contributed by atoms with E-state index in [2.05, 4.69) is 23.7 Å². The Labute approximate surface area is 91.3 Å². The van der Waals surface area contributed by atoms with Gasteiger partial charge >= 0.3 is 0 Å². The fraction of sp³-hybridized carbons (Fsp3) is 0.583. The SMILES string of the molecule is CC1(C)CCCN1Cc1cc(N)ccn1. The fourth-order valence-electron chi connectivity index (χ4n) is 2.24. The Morgan fingerprint density at radius 1 is 1.53 bits per heavy atom. The van der Waals surface area contributed by atoms with Crippen LogP contribution in [0.15, 0.2) is 18.3 Å². The molecule has 0 amide bonds. The smallest absolute Gasteiger partial charge is 0.0564 e. The van der Waals surface area contributed by atoms with E-state index in [1.165, 1.54) is 19.4 Å². The Hall–Kier alpha value is -1.09. The van der Waals surface area contributed by atoms with E-state index in [1.807, 2.05) is 12.1 Å². The molecule has 0 spiro atoms. The van der Waals surface area contributed by atoms with Crippen molar-refractivity contribution in [2.24, 2.45) is 0 Å². The zero-order chi connectivity index (χ0) is 10.9. The van der Waals surface area contributed by atoms with Crippen LogP contribution < -0.4 is 5.73 Å². The van der Waals surface area contributed by atoms with Crippen LogP contribution in [0.1, 0.15) is 32.4 Å². The molecule has 3 heteroatoms. The molecule has 0 bridgehead atoms. The first kappa shape index (κ1) is 10.4. The maximum absolute atomic E-state index is 5.74. The van der Waals surface area contributed by atoms with E-state index in [9.17, 15) is 0 Å². The van der Waals surface area contributed by atoms with Crippen molar-refractivity contribution < 1.29 is 0 Å². The van der Waals surface area contributed by atoms with Crippen LogP contribution in [0.25, 0.3) is 0 Å². The molecule has 1 aliphatic rings. The lowest BCUT2D eigenvalue weighted by Gasteiger charge is -2.31. The number of hydrogen-bond donors (Lipinski definition) is 1. The van der Waals surface area contributed by atoms with Gasteiger partial charge < -0.3 is 5.73 Å². The fourth-order valence-corrected chi connectivity index (χ4v) is 2.24. The number of likely N-dealkylation sites (tertiary alicyclic amines) is 1. The third kappa shape index (κ3) is 2.29. The van der Waals surface area contributed by atoms with Crippen LogP contribution in [-0.2, 0) is 6.54 Å². The van der Waals surface area contributed by atoms with Crippen molar-refractivity contribution in [3.05, 3.63) is 24.0 Å². The summed E-state index contributed by atoms with van der Waals surface area (Å²) in [5.74, 6) is 0. The number of pyridine rings is 1. The molecule has 0 aromatic carbocycles. The summed E-state index contributed by atoms with van der Waals surface area (Å²) in [6, 6.07) is 3.80. The molecule has 2 N–H and O–H groups in total. The summed E-state index contributed by atoms with van der Waals surface area (Å²) in [6.45, 7) is 6.68. The molecule has 1 fully saturated rings. The van der Waals surface area contributed by atoms with Crippen molar-refractivity contribution >= 4 is 5.69 Å². The third-order valence-electron chi connectivity index (χ3n) is 3.27. The molecule has 0 atom stereocenters. The number of rotatable bonds is 2. The van der Waals surface area contributed by atoms with Crippen LogP contribution in [0.4, 0.5) is 5.69 Å². The first-order valence-corrected chi connectivity index (χ1v) is 5.53. The van der Waals surface area contributed by atoms with Gasteiger partial charge in [-0.2, -0.15) is 0 Å². The monoisotopic (exact) mass is 205 g/mol. The largest absolute Gasteiger partial charge is 0.399 e. The van der Waals surface area contributed by atoms with Crippen LogP contribution in [-0.4, -0.2) is 22.0 Å². The van der Waals surface area contributed by atoms with Crippen molar-refractivity contribution in [2.75, 3.05) is 12.3 Å². The summed E-state index contributed by atoms with van der Waals surface area (Å²) in [4.78, 5) is 6.83. The highest BCUT2D eigenvalue weighted by Gasteiger charge is 2.31. The Balaban J connectivity index is 2.09. The summed E-state index contributed by atoms with van der Waals surface area (Å²) in [6.07, 6.45) is 4.35. The maximum Gasteiger partial charge on any atom is 0.0564 e. The number of nitrogen functional groups attached to an aromatic ring is 1. The molecule has 1 aromatic heterocycles. The normalized spacial score (nSPS) is 20.7. The van der Waals surface area contributed by atoms with E-state index < -0.39 is 0 Å². The Morgan fingerprint density at radius 2 is 2.33 bits per heavy atom. The van der Waals surface area contributed by atoms with Crippen LogP contribution in [0, 0.1) is 0 Å². The highest BCUT2D eigenvalue weighted by atomic mass is 15.2. The van der Waals surface area contributed by atoms with Crippen molar-refractivity contribution in [1.29, 1.82) is 0 Å². The second kappa shape index (κ2) is 3.81. The summed E-state index contributed by atoms with van der Waals surface area (Å²) >= 11 is 0. The van der Waals surface area contributed by atoms with Gasteiger partial charge in [0.25, 0.3) is 0 Å². The number of aromatic nitrogens is 1. The van der Waals surface area contributed by atoms with Gasteiger partial charge in [0, 0.05) is 24.0 Å². The van der Waals surface area contributed by atoms with Gasteiger partial charge in [0.05, 0.1) is 5.69 Å². The molecule has 0 radical (unpaired) electrons. The van der Waals surface area contributed by atoms with Gasteiger partial charge in [-0.25, -0.2) is 0 Å². The van der Waals surface area contributed by atoms with Gasteiger partial charge in [0.15, 0.2) is 0 Å². The average Bonchev–Trinajstić information content (AvgIpc) is 2.46. The van der Waals surface area contributed by atoms with E-state index in [0.29, 0.717) is 5.54 Å². The van der Waals surface area contributed by atoms with E-state index >= 15 is 0 Å². The average molecular weight is 205 g/mol. The zero-order valence-electron chi connectivity index (χ0n) is 9.53. The minimum atomic E-state index is 0.312. The molecule has 2 rings (SSSR count). The molecular formula is C12H19N3. The molecule has 2 heterocycles. The summed E-state index contributed by atoms with van der Waals surface area (Å²) in [5, 5.41) is 0. The Morgan fingerprint density at radius 3 is 2.93 bits per heavy atom. The van der Waals surface area contributed by atoms with Gasteiger partial charge in [-0.15, -0.1) is 0 Å². The van der Waals surface area contributed by atoms with Gasteiger partial charge in [-0.05, 0) is 45.4 Å². The van der Waals surface area contributed by atoms with Crippen LogP contribution in [0.3, 0.4) is 0 Å². The first-order valence-electron chi connectivity index (χ1n) is 5.53. The van der Waals surface area contributed by atoms with Crippen molar-refractivity contribution in [2.45, 2.75) is 38.8 Å². The maximum atomic E-state index is 5.74. The quantitative estimate of drug-likeness (QED) is 0.803. The van der Waals surface area contributed by atoms with Gasteiger partial charge in [0.2, 0.25) is 0 Å². The number of nitrogens with zero attached hydrogens (tertiary/aromatic N) is 2. The van der Waals surface area contributed by atoms with E-state index in [-0.39, 0.29) is 0 Å². The van der Waals surface area contributed by atoms with Crippen LogP contribution in [0.5, 0.6) is 0 Å². The topological polar surface area (TPSA) is 42.1 Å². The highest BCUT2D eigenvalue weighted by Crippen LogP contribution is 2.29. The lowest BCUT2D eigenvalue weighted by molar-refractivity contribution is 0.164. The summed E-state index contributed by atoms with van der Waals surface area (Å²) < 4.78 is 0. The molecule has 1 saturated heterocycles. The predicted molar refractivity (Wildman–Crippen MR) is 62.4 cm³/mol.